The second kappa shape index (κ2) is 10.4. The highest BCUT2D eigenvalue weighted by Gasteiger charge is 2.24. The topological polar surface area (TPSA) is 95.0 Å². The van der Waals surface area contributed by atoms with Crippen molar-refractivity contribution < 1.29 is 18.7 Å². The molecule has 11 heteroatoms. The minimum Gasteiger partial charge on any atom is -0.372 e. The number of halogens is 1. The van der Waals surface area contributed by atoms with E-state index in [2.05, 4.69) is 20.6 Å². The smallest absolute Gasteiger partial charge is 0.323 e. The Morgan fingerprint density at radius 2 is 1.76 bits per heavy atom. The summed E-state index contributed by atoms with van der Waals surface area (Å²) in [6.07, 6.45) is 3.10. The molecule has 34 heavy (non-hydrogen) atoms. The number of aromatic nitrogens is 2. The van der Waals surface area contributed by atoms with Gasteiger partial charge in [-0.15, -0.1) is 0 Å². The second-order valence-electron chi connectivity index (χ2n) is 9.02. The number of carbonyl (C=O) groups is 2. The van der Waals surface area contributed by atoms with Crippen molar-refractivity contribution in [1.82, 2.24) is 19.6 Å². The zero-order valence-corrected chi connectivity index (χ0v) is 19.8. The number of ether oxygens (including phenoxy) is 1. The minimum absolute atomic E-state index is 0.00757. The number of piperazine rings is 1. The largest absolute Gasteiger partial charge is 0.372 e. The van der Waals surface area contributed by atoms with Gasteiger partial charge in [-0.3, -0.25) is 9.48 Å². The van der Waals surface area contributed by atoms with E-state index in [-0.39, 0.29) is 24.7 Å². The van der Waals surface area contributed by atoms with Crippen LogP contribution in [0.3, 0.4) is 0 Å². The number of anilines is 3. The first-order chi connectivity index (χ1) is 16.3. The van der Waals surface area contributed by atoms with E-state index in [0.717, 1.165) is 13.1 Å². The average molecular weight is 474 g/mol. The highest BCUT2D eigenvalue weighted by atomic mass is 19.1. The Morgan fingerprint density at radius 1 is 1.09 bits per heavy atom. The summed E-state index contributed by atoms with van der Waals surface area (Å²) in [5.74, 6) is -0.416. The van der Waals surface area contributed by atoms with Crippen LogP contribution in [-0.4, -0.2) is 90.0 Å². The van der Waals surface area contributed by atoms with Crippen molar-refractivity contribution in [2.24, 2.45) is 0 Å². The first kappa shape index (κ1) is 24.0. The van der Waals surface area contributed by atoms with Crippen LogP contribution in [0, 0.1) is 5.82 Å². The number of morpholine rings is 1. The fraction of sp³-hybridized carbons (Fsp3) is 0.522. The number of likely N-dealkylation sites (N-methyl/N-ethyl adjacent to an activating group) is 1. The van der Waals surface area contributed by atoms with E-state index in [4.69, 9.17) is 4.74 Å². The number of nitrogens with one attached hydrogen (secondary N) is 2. The molecular weight excluding hydrogens is 441 g/mol. The lowest BCUT2D eigenvalue weighted by Crippen LogP contribution is -2.48. The summed E-state index contributed by atoms with van der Waals surface area (Å²) in [6.45, 7) is 8.35. The van der Waals surface area contributed by atoms with Gasteiger partial charge < -0.3 is 30.1 Å². The van der Waals surface area contributed by atoms with E-state index in [1.807, 2.05) is 30.7 Å². The highest BCUT2D eigenvalue weighted by molar-refractivity contribution is 5.99. The molecule has 2 saturated heterocycles. The predicted molar refractivity (Wildman–Crippen MR) is 128 cm³/mol. The van der Waals surface area contributed by atoms with Crippen LogP contribution in [0.5, 0.6) is 0 Å². The summed E-state index contributed by atoms with van der Waals surface area (Å²) in [5, 5.41) is 9.46. The van der Waals surface area contributed by atoms with Crippen LogP contribution >= 0.6 is 0 Å². The van der Waals surface area contributed by atoms with Gasteiger partial charge in [0.25, 0.3) is 0 Å². The molecule has 1 aromatic heterocycles. The maximum absolute atomic E-state index is 14.8. The van der Waals surface area contributed by atoms with E-state index < -0.39 is 11.8 Å². The van der Waals surface area contributed by atoms with E-state index in [0.29, 0.717) is 43.2 Å². The second-order valence-corrected chi connectivity index (χ2v) is 9.02. The van der Waals surface area contributed by atoms with Gasteiger partial charge >= 0.3 is 6.03 Å². The number of amides is 3. The Kier molecular flexibility index (Phi) is 7.32. The van der Waals surface area contributed by atoms with Crippen LogP contribution in [0.25, 0.3) is 0 Å². The van der Waals surface area contributed by atoms with Crippen molar-refractivity contribution in [3.63, 3.8) is 0 Å². The lowest BCUT2D eigenvalue weighted by atomic mass is 10.2. The van der Waals surface area contributed by atoms with Crippen molar-refractivity contribution in [3.8, 4) is 0 Å². The summed E-state index contributed by atoms with van der Waals surface area (Å²) < 4.78 is 22.0. The van der Waals surface area contributed by atoms with Crippen molar-refractivity contribution in [3.05, 3.63) is 36.4 Å². The summed E-state index contributed by atoms with van der Waals surface area (Å²) >= 11 is 0. The maximum atomic E-state index is 14.8. The normalized spacial score (nSPS) is 21.4. The van der Waals surface area contributed by atoms with Crippen LogP contribution in [0.1, 0.15) is 13.8 Å². The number of nitrogens with zero attached hydrogens (tertiary/aromatic N) is 5. The SMILES string of the molecule is C[C@@H]1CN(c2ccc(NC(=O)Nc3cnn(CC(=O)N4CCN(C)CC4)c3)cc2F)C[C@@H](C)O1. The quantitative estimate of drug-likeness (QED) is 0.690. The number of hydrogen-bond donors (Lipinski definition) is 2. The van der Waals surface area contributed by atoms with Gasteiger partial charge in [0.2, 0.25) is 5.91 Å². The molecule has 0 aliphatic carbocycles. The highest BCUT2D eigenvalue weighted by Crippen LogP contribution is 2.26. The third-order valence-corrected chi connectivity index (χ3v) is 6.01. The first-order valence-electron chi connectivity index (χ1n) is 11.5. The lowest BCUT2D eigenvalue weighted by Gasteiger charge is -2.37. The molecule has 1 aromatic carbocycles. The monoisotopic (exact) mass is 473 g/mol. The third-order valence-electron chi connectivity index (χ3n) is 6.01. The van der Waals surface area contributed by atoms with Crippen LogP contribution < -0.4 is 15.5 Å². The fourth-order valence-electron chi connectivity index (χ4n) is 4.32. The van der Waals surface area contributed by atoms with Gasteiger partial charge in [0, 0.05) is 51.2 Å². The minimum atomic E-state index is -0.522. The fourth-order valence-corrected chi connectivity index (χ4v) is 4.32. The van der Waals surface area contributed by atoms with Crippen molar-refractivity contribution in [1.29, 1.82) is 0 Å². The molecule has 3 heterocycles. The van der Waals surface area contributed by atoms with Gasteiger partial charge in [-0.05, 0) is 39.1 Å². The van der Waals surface area contributed by atoms with E-state index >= 15 is 0 Å². The summed E-state index contributed by atoms with van der Waals surface area (Å²) in [4.78, 5) is 30.8. The van der Waals surface area contributed by atoms with Gasteiger partial charge in [0.15, 0.2) is 0 Å². The lowest BCUT2D eigenvalue weighted by molar-refractivity contribution is -0.133. The molecule has 2 aliphatic heterocycles. The van der Waals surface area contributed by atoms with Crippen LogP contribution in [-0.2, 0) is 16.1 Å². The maximum Gasteiger partial charge on any atom is 0.323 e. The van der Waals surface area contributed by atoms with Gasteiger partial charge in [-0.2, -0.15) is 5.10 Å². The molecule has 2 atom stereocenters. The third kappa shape index (κ3) is 6.03. The first-order valence-corrected chi connectivity index (χ1v) is 11.5. The molecule has 4 rings (SSSR count). The van der Waals surface area contributed by atoms with Gasteiger partial charge in [-0.25, -0.2) is 9.18 Å². The molecule has 184 valence electrons. The summed E-state index contributed by atoms with van der Waals surface area (Å²) in [7, 11) is 2.03. The van der Waals surface area contributed by atoms with E-state index in [1.54, 1.807) is 18.3 Å². The Bertz CT molecular complexity index is 1010. The Labute approximate surface area is 198 Å². The van der Waals surface area contributed by atoms with E-state index in [9.17, 15) is 14.0 Å². The Balaban J connectivity index is 1.30. The van der Waals surface area contributed by atoms with Crippen LogP contribution in [0.15, 0.2) is 30.6 Å². The standard InChI is InChI=1S/C23H32FN7O3/c1-16-12-30(13-17(2)34-16)21-5-4-18(10-20(21)24)26-23(33)27-19-11-25-31(14-19)15-22(32)29-8-6-28(3)7-9-29/h4-5,10-11,14,16-17H,6-9,12-13,15H2,1-3H3,(H2,26,27,33)/t16-,17-/m1/s1. The average Bonchev–Trinajstić information content (AvgIpc) is 3.20. The molecule has 2 aliphatic rings. The number of rotatable bonds is 5. The Morgan fingerprint density at radius 3 is 2.44 bits per heavy atom. The van der Waals surface area contributed by atoms with Gasteiger partial charge in [0.1, 0.15) is 12.4 Å². The van der Waals surface area contributed by atoms with Crippen LogP contribution in [0.2, 0.25) is 0 Å². The van der Waals surface area contributed by atoms with Crippen molar-refractivity contribution in [2.75, 3.05) is 61.8 Å². The molecule has 0 bridgehead atoms. The molecule has 0 spiro atoms. The van der Waals surface area contributed by atoms with Gasteiger partial charge in [0.05, 0.1) is 29.8 Å². The molecule has 2 aromatic rings. The zero-order chi connectivity index (χ0) is 24.2. The predicted octanol–water partition coefficient (Wildman–Crippen LogP) is 2.05. The zero-order valence-electron chi connectivity index (χ0n) is 19.8. The van der Waals surface area contributed by atoms with Crippen molar-refractivity contribution >= 4 is 29.0 Å². The number of benzene rings is 1. The molecule has 0 radical (unpaired) electrons. The van der Waals surface area contributed by atoms with E-state index in [1.165, 1.54) is 16.9 Å². The number of urea groups is 1. The van der Waals surface area contributed by atoms with Gasteiger partial charge in [-0.1, -0.05) is 0 Å². The van der Waals surface area contributed by atoms with Crippen LogP contribution in [0.4, 0.5) is 26.2 Å². The molecule has 3 amide bonds. The molecule has 0 unspecified atom stereocenters. The Hall–Kier alpha value is -3.18. The molecule has 10 nitrogen and oxygen atoms in total. The number of hydrogen-bond acceptors (Lipinski definition) is 6. The summed E-state index contributed by atoms with van der Waals surface area (Å²) in [6, 6.07) is 4.11. The molecular formula is C23H32FN7O3. The summed E-state index contributed by atoms with van der Waals surface area (Å²) in [5.41, 5.74) is 1.27. The molecule has 2 fully saturated rings. The molecule has 0 saturated carbocycles. The number of carbonyl (C=O) groups excluding carboxylic acids is 2. The molecule has 2 N–H and O–H groups in total. The van der Waals surface area contributed by atoms with Crippen molar-refractivity contribution in [2.45, 2.75) is 32.6 Å².